The van der Waals surface area contributed by atoms with E-state index in [-0.39, 0.29) is 29.8 Å². The van der Waals surface area contributed by atoms with Crippen LogP contribution in [0.4, 0.5) is 10.1 Å². The number of benzene rings is 1. The maximum atomic E-state index is 14.1. The Balaban J connectivity index is 0.00000363. The predicted molar refractivity (Wildman–Crippen MR) is 142 cm³/mol. The predicted octanol–water partition coefficient (Wildman–Crippen LogP) is 3.74. The first-order valence-corrected chi connectivity index (χ1v) is 12.2. The number of thioether (sulfide) groups is 1. The summed E-state index contributed by atoms with van der Waals surface area (Å²) in [7, 11) is 1.82. The highest BCUT2D eigenvalue weighted by molar-refractivity contribution is 14.0. The number of aliphatic imine (C=N–C) groups is 1. The van der Waals surface area contributed by atoms with Gasteiger partial charge in [-0.2, -0.15) is 0 Å². The van der Waals surface area contributed by atoms with E-state index in [4.69, 9.17) is 0 Å². The van der Waals surface area contributed by atoms with Gasteiger partial charge in [-0.3, -0.25) is 4.99 Å². The van der Waals surface area contributed by atoms with Crippen LogP contribution in [-0.4, -0.2) is 71.7 Å². The Morgan fingerprint density at radius 1 is 1.19 bits per heavy atom. The number of anilines is 1. The van der Waals surface area contributed by atoms with Crippen molar-refractivity contribution < 1.29 is 4.39 Å². The first-order valence-electron chi connectivity index (χ1n) is 10.9. The monoisotopic (exact) mass is 575 g/mol. The molecule has 2 heterocycles. The van der Waals surface area contributed by atoms with E-state index in [1.807, 2.05) is 25.4 Å². The molecule has 1 aliphatic heterocycles. The van der Waals surface area contributed by atoms with E-state index >= 15 is 0 Å². The van der Waals surface area contributed by atoms with Gasteiger partial charge in [-0.25, -0.2) is 4.39 Å². The van der Waals surface area contributed by atoms with Crippen LogP contribution in [-0.2, 0) is 13.0 Å². The molecule has 2 aromatic rings. The number of rotatable bonds is 8. The van der Waals surface area contributed by atoms with Crippen LogP contribution in [0.25, 0.3) is 0 Å². The number of guanidine groups is 1. The number of nitrogens with zero attached hydrogens (tertiary/aromatic N) is 6. The summed E-state index contributed by atoms with van der Waals surface area (Å²) in [6.45, 7) is 9.37. The van der Waals surface area contributed by atoms with Crippen molar-refractivity contribution >= 4 is 47.4 Å². The molecule has 10 heteroatoms. The van der Waals surface area contributed by atoms with Gasteiger partial charge in [-0.1, -0.05) is 37.7 Å². The summed E-state index contributed by atoms with van der Waals surface area (Å²) in [6, 6.07) is 6.98. The van der Waals surface area contributed by atoms with Crippen LogP contribution < -0.4 is 10.2 Å². The maximum Gasteiger partial charge on any atom is 0.193 e. The largest absolute Gasteiger partial charge is 0.366 e. The molecule has 3 rings (SSSR count). The summed E-state index contributed by atoms with van der Waals surface area (Å²) in [5.74, 6) is 2.35. The molecular formula is C22H35FIN7S. The first-order chi connectivity index (χ1) is 15.0. The van der Waals surface area contributed by atoms with Crippen molar-refractivity contribution in [2.24, 2.45) is 10.9 Å². The third-order valence-corrected chi connectivity index (χ3v) is 6.04. The van der Waals surface area contributed by atoms with Crippen LogP contribution in [0.5, 0.6) is 0 Å². The fraction of sp³-hybridized carbons (Fsp3) is 0.591. The van der Waals surface area contributed by atoms with Crippen molar-refractivity contribution in [1.82, 2.24) is 25.0 Å². The third kappa shape index (κ3) is 6.97. The van der Waals surface area contributed by atoms with Crippen molar-refractivity contribution in [3.8, 4) is 0 Å². The van der Waals surface area contributed by atoms with Gasteiger partial charge < -0.3 is 19.7 Å². The van der Waals surface area contributed by atoms with Gasteiger partial charge in [0.05, 0.1) is 5.69 Å². The lowest BCUT2D eigenvalue weighted by Crippen LogP contribution is -2.52. The molecule has 0 bridgehead atoms. The average Bonchev–Trinajstić information content (AvgIpc) is 3.15. The zero-order valence-electron chi connectivity index (χ0n) is 19.4. The van der Waals surface area contributed by atoms with Crippen LogP contribution in [0.2, 0.25) is 0 Å². The molecule has 178 valence electrons. The Labute approximate surface area is 212 Å². The minimum absolute atomic E-state index is 0. The molecule has 1 fully saturated rings. The second-order valence-electron chi connectivity index (χ2n) is 8.11. The van der Waals surface area contributed by atoms with E-state index in [0.29, 0.717) is 11.6 Å². The lowest BCUT2D eigenvalue weighted by molar-refractivity contribution is 0.370. The van der Waals surface area contributed by atoms with Gasteiger partial charge in [0.15, 0.2) is 11.1 Å². The van der Waals surface area contributed by atoms with E-state index in [1.54, 1.807) is 17.8 Å². The van der Waals surface area contributed by atoms with Gasteiger partial charge in [0, 0.05) is 52.7 Å². The summed E-state index contributed by atoms with van der Waals surface area (Å²) < 4.78 is 16.3. The molecule has 7 nitrogen and oxygen atoms in total. The number of aromatic nitrogens is 3. The number of para-hydroxylation sites is 1. The number of nitrogens with one attached hydrogen (secondary N) is 1. The molecule has 0 unspecified atom stereocenters. The van der Waals surface area contributed by atoms with E-state index in [1.165, 1.54) is 6.07 Å². The number of hydrogen-bond donors (Lipinski definition) is 1. The molecule has 1 aliphatic rings. The third-order valence-electron chi connectivity index (χ3n) is 5.37. The molecule has 1 saturated heterocycles. The van der Waals surface area contributed by atoms with Crippen LogP contribution in [0, 0.1) is 11.7 Å². The Morgan fingerprint density at radius 2 is 1.91 bits per heavy atom. The summed E-state index contributed by atoms with van der Waals surface area (Å²) >= 11 is 1.64. The average molecular weight is 576 g/mol. The van der Waals surface area contributed by atoms with Gasteiger partial charge in [0.1, 0.15) is 11.6 Å². The Hall–Kier alpha value is -1.56. The quantitative estimate of drug-likeness (QED) is 0.170. The highest BCUT2D eigenvalue weighted by Gasteiger charge is 2.21. The molecular weight excluding hydrogens is 540 g/mol. The van der Waals surface area contributed by atoms with Crippen molar-refractivity contribution in [3.05, 3.63) is 35.9 Å². The Morgan fingerprint density at radius 3 is 2.53 bits per heavy atom. The second-order valence-corrected chi connectivity index (χ2v) is 8.88. The van der Waals surface area contributed by atoms with Crippen LogP contribution in [0.1, 0.15) is 26.1 Å². The van der Waals surface area contributed by atoms with Crippen LogP contribution in [0.15, 0.2) is 34.4 Å². The van der Waals surface area contributed by atoms with E-state index < -0.39 is 0 Å². The Bertz CT molecular complexity index is 866. The molecule has 1 aromatic heterocycles. The zero-order chi connectivity index (χ0) is 22.2. The van der Waals surface area contributed by atoms with E-state index in [2.05, 4.69) is 48.7 Å². The number of piperazine rings is 1. The summed E-state index contributed by atoms with van der Waals surface area (Å²) in [5.41, 5.74) is 0.681. The molecule has 0 saturated carbocycles. The van der Waals surface area contributed by atoms with Crippen molar-refractivity contribution in [2.45, 2.75) is 38.4 Å². The van der Waals surface area contributed by atoms with Gasteiger partial charge >= 0.3 is 0 Å². The molecule has 0 aliphatic carbocycles. The van der Waals surface area contributed by atoms with Gasteiger partial charge in [-0.15, -0.1) is 34.2 Å². The lowest BCUT2D eigenvalue weighted by Gasteiger charge is -2.37. The molecule has 32 heavy (non-hydrogen) atoms. The number of halogens is 2. The fourth-order valence-electron chi connectivity index (χ4n) is 3.85. The molecule has 1 N–H and O–H groups in total. The van der Waals surface area contributed by atoms with E-state index in [9.17, 15) is 4.39 Å². The zero-order valence-corrected chi connectivity index (χ0v) is 22.6. The maximum absolute atomic E-state index is 14.1. The molecule has 0 spiro atoms. The normalized spacial score (nSPS) is 14.6. The standard InChI is InChI=1S/C22H34FN7S.HI/c1-17(2)16-30-20(26-27-22(30)31-4)10-7-11-25-21(24-3)29-14-12-28(13-15-29)19-9-6-5-8-18(19)23;/h5-6,8-9,17H,7,10-16H2,1-4H3,(H,24,25);1H. The second kappa shape index (κ2) is 13.2. The van der Waals surface area contributed by atoms with Crippen molar-refractivity contribution in [3.63, 3.8) is 0 Å². The minimum atomic E-state index is -0.159. The summed E-state index contributed by atoms with van der Waals surface area (Å²) in [5, 5.41) is 13.2. The Kier molecular flexibility index (Phi) is 11.0. The number of hydrogen-bond acceptors (Lipinski definition) is 5. The van der Waals surface area contributed by atoms with Gasteiger partial charge in [0.25, 0.3) is 0 Å². The van der Waals surface area contributed by atoms with Gasteiger partial charge in [-0.05, 0) is 30.7 Å². The lowest BCUT2D eigenvalue weighted by atomic mass is 10.2. The highest BCUT2D eigenvalue weighted by Crippen LogP contribution is 2.20. The van der Waals surface area contributed by atoms with Crippen LogP contribution in [0.3, 0.4) is 0 Å². The van der Waals surface area contributed by atoms with Gasteiger partial charge in [0.2, 0.25) is 0 Å². The molecule has 0 atom stereocenters. The van der Waals surface area contributed by atoms with Crippen molar-refractivity contribution in [2.75, 3.05) is 50.9 Å². The van der Waals surface area contributed by atoms with Crippen molar-refractivity contribution in [1.29, 1.82) is 0 Å². The number of aryl methyl sites for hydroxylation is 1. The summed E-state index contributed by atoms with van der Waals surface area (Å²) in [4.78, 5) is 8.79. The minimum Gasteiger partial charge on any atom is -0.366 e. The topological polar surface area (TPSA) is 61.6 Å². The first kappa shape index (κ1) is 26.7. The molecule has 0 amide bonds. The SMILES string of the molecule is CN=C(NCCCc1nnc(SC)n1CC(C)C)N1CCN(c2ccccc2F)CC1.I. The van der Waals surface area contributed by atoms with Crippen LogP contribution >= 0.6 is 35.7 Å². The smallest absolute Gasteiger partial charge is 0.193 e. The molecule has 0 radical (unpaired) electrons. The van der Waals surface area contributed by atoms with E-state index in [0.717, 1.165) is 69.1 Å². The summed E-state index contributed by atoms with van der Waals surface area (Å²) in [6.07, 6.45) is 3.88. The highest BCUT2D eigenvalue weighted by atomic mass is 127. The fourth-order valence-corrected chi connectivity index (χ4v) is 4.37. The molecule has 1 aromatic carbocycles.